The Balaban J connectivity index is -0.000000120. The summed E-state index contributed by atoms with van der Waals surface area (Å²) in [5.74, 6) is -6.61. The summed E-state index contributed by atoms with van der Waals surface area (Å²) in [5, 5.41) is 0. The summed E-state index contributed by atoms with van der Waals surface area (Å²) in [4.78, 5) is 197. The molecule has 0 aromatic heterocycles. The van der Waals surface area contributed by atoms with Gasteiger partial charge in [-0.3, -0.25) is 43.2 Å². The maximum absolute atomic E-state index is 11.6. The highest BCUT2D eigenvalue weighted by atomic mass is 79.9. The lowest BCUT2D eigenvalue weighted by molar-refractivity contribution is -0.155. The topological polar surface area (TPSA) is 427 Å². The molecular formula is C90H141Br9O31. The van der Waals surface area contributed by atoms with Gasteiger partial charge in [-0.2, -0.15) is 0 Å². The average Bonchev–Trinajstić information content (AvgIpc) is 0.881. The van der Waals surface area contributed by atoms with Crippen LogP contribution in [0.1, 0.15) is 215 Å². The number of alkyl halides is 9. The molecule has 0 saturated carbocycles. The average molecular weight is 2440 g/mol. The summed E-state index contributed by atoms with van der Waals surface area (Å²) in [6, 6.07) is 0. The van der Waals surface area contributed by atoms with Gasteiger partial charge in [-0.25, -0.2) is 43.2 Å². The molecule has 0 rings (SSSR count). The van der Waals surface area contributed by atoms with Crippen molar-refractivity contribution in [2.75, 3.05) is 59.5 Å². The Morgan fingerprint density at radius 3 is 0.754 bits per heavy atom. The molecule has 11 unspecified atom stereocenters. The van der Waals surface area contributed by atoms with Crippen molar-refractivity contribution in [1.82, 2.24) is 0 Å². The number of esters is 13. The van der Waals surface area contributed by atoms with Crippen molar-refractivity contribution in [3.63, 3.8) is 0 Å². The largest absolute Gasteiger partial charge is 0.465 e. The lowest BCUT2D eigenvalue weighted by atomic mass is 10.1. The van der Waals surface area contributed by atoms with Crippen LogP contribution in [0, 0.1) is 5.92 Å². The van der Waals surface area contributed by atoms with Crippen molar-refractivity contribution < 1.29 is 148 Å². The first-order valence-corrected chi connectivity index (χ1v) is 46.3. The van der Waals surface area contributed by atoms with Gasteiger partial charge >= 0.3 is 77.6 Å². The molecule has 0 spiro atoms. The minimum absolute atomic E-state index is 0. The third kappa shape index (κ3) is 90.6. The van der Waals surface area contributed by atoms with Crippen molar-refractivity contribution in [3.8, 4) is 0 Å². The molecule has 0 fully saturated rings. The zero-order valence-electron chi connectivity index (χ0n) is 77.3. The second kappa shape index (κ2) is 81.9. The molecule has 0 heterocycles. The number of halogens is 9. The van der Waals surface area contributed by atoms with Crippen LogP contribution < -0.4 is 0 Å². The van der Waals surface area contributed by atoms with Crippen molar-refractivity contribution in [1.29, 1.82) is 0 Å². The van der Waals surface area contributed by atoms with Gasteiger partial charge in [0.2, 0.25) is 0 Å². The number of ether oxygens (including phenoxy) is 13. The molecule has 750 valence electrons. The molecule has 31 nitrogen and oxygen atoms in total. The number of Topliss-reactive ketones (excluding diaryl/α,β-unsaturated/α-hetero) is 5. The molecule has 0 saturated heterocycles. The normalized spacial score (nSPS) is 12.4. The van der Waals surface area contributed by atoms with Gasteiger partial charge in [0.25, 0.3) is 0 Å². The van der Waals surface area contributed by atoms with E-state index < -0.39 is 91.1 Å². The van der Waals surface area contributed by atoms with E-state index in [1.54, 1.807) is 152 Å². The Morgan fingerprint density at radius 2 is 0.508 bits per heavy atom. The van der Waals surface area contributed by atoms with Gasteiger partial charge in [-0.15, -0.1) is 0 Å². The van der Waals surface area contributed by atoms with Gasteiger partial charge in [0.05, 0.1) is 62.3 Å². The molecule has 0 aliphatic carbocycles. The quantitative estimate of drug-likeness (QED) is 0.0180. The molecule has 0 aromatic rings. The summed E-state index contributed by atoms with van der Waals surface area (Å²) in [6.07, 6.45) is 0.229. The fourth-order valence-electron chi connectivity index (χ4n) is 5.87. The molecule has 0 radical (unpaired) electrons. The summed E-state index contributed by atoms with van der Waals surface area (Å²) in [5.41, 5.74) is 2.50. The summed E-state index contributed by atoms with van der Waals surface area (Å²) in [6.45, 7) is 72.8. The molecule has 40 heteroatoms. The first-order chi connectivity index (χ1) is 57.6. The minimum atomic E-state index is -0.756. The zero-order chi connectivity index (χ0) is 102. The van der Waals surface area contributed by atoms with Crippen LogP contribution in [-0.2, 0) is 148 Å². The Morgan fingerprint density at radius 1 is 0.285 bits per heavy atom. The van der Waals surface area contributed by atoms with Crippen LogP contribution in [0.4, 0.5) is 0 Å². The Kier molecular flexibility index (Phi) is 93.9. The molecule has 130 heavy (non-hydrogen) atoms. The second-order valence-electron chi connectivity index (χ2n) is 28.8. The van der Waals surface area contributed by atoms with Gasteiger partial charge in [-0.1, -0.05) is 232 Å². The monoisotopic (exact) mass is 2430 g/mol. The van der Waals surface area contributed by atoms with E-state index >= 15 is 0 Å². The van der Waals surface area contributed by atoms with Crippen LogP contribution in [0.15, 0.2) is 110 Å². The van der Waals surface area contributed by atoms with Gasteiger partial charge in [0.1, 0.15) is 32.0 Å². The van der Waals surface area contributed by atoms with Crippen molar-refractivity contribution >= 4 is 250 Å². The number of hydrogen-bond acceptors (Lipinski definition) is 31. The van der Waals surface area contributed by atoms with Crippen LogP contribution in [0.2, 0.25) is 0 Å². The Bertz CT molecular complexity index is 3520. The molecule has 11 atom stereocenters. The maximum atomic E-state index is 11.6. The van der Waals surface area contributed by atoms with Gasteiger partial charge in [0, 0.05) is 63.0 Å². The molecular weight excluding hydrogens is 2300 g/mol. The number of ketones is 5. The predicted octanol–water partition coefficient (Wildman–Crippen LogP) is 19.1. The molecule has 0 bridgehead atoms. The van der Waals surface area contributed by atoms with E-state index in [4.69, 9.17) is 52.1 Å². The first kappa shape index (κ1) is 149. The number of rotatable bonds is 44. The fourth-order valence-corrected chi connectivity index (χ4v) is 7.61. The second-order valence-corrected chi connectivity index (χ2v) is 42.9. The fraction of sp³-hybridized carbons (Fsp3) is 0.600. The van der Waals surface area contributed by atoms with Crippen molar-refractivity contribution in [3.05, 3.63) is 110 Å². The smallest absolute Gasteiger partial charge is 0.333 e. The number of carbonyl (C=O) groups excluding carboxylic acids is 18. The van der Waals surface area contributed by atoms with Gasteiger partial charge < -0.3 is 61.6 Å². The number of unbranched alkanes of at least 4 members (excludes halogenated alkanes) is 1. The lowest BCUT2D eigenvalue weighted by Gasteiger charge is -2.20. The molecule has 0 aliphatic rings. The van der Waals surface area contributed by atoms with E-state index in [0.29, 0.717) is 60.3 Å². The van der Waals surface area contributed by atoms with Crippen molar-refractivity contribution in [2.24, 2.45) is 5.92 Å². The van der Waals surface area contributed by atoms with E-state index in [1.165, 1.54) is 13.8 Å². The van der Waals surface area contributed by atoms with Gasteiger partial charge in [-0.05, 0) is 179 Å². The summed E-state index contributed by atoms with van der Waals surface area (Å²) < 4.78 is 60.7. The SMILES string of the molecule is C.C.C.C=C(C)C(=O)OC(C)C(=O)C(C)(C)Br.C=C(C)C(=O)OC(C)C(=O)C(C)(C)Br.C=C(C)C(=O)OC(C)C(=O)C(C)(C)Br.C=C(C)C(=O)OCC(=O)C(C)Br.C=C(C)C(=O)OCC(=O)C(C)Br.C=C(C)C(=O)OCC(C)COC(=O)C(C)Br.C=C(C)C(=O)OCC(C)OC(=O)C(C)Br.C=C(C)C(=O)OCCCOC(=O)C(C)Br.C=CC(=O)OCCCCOC(=O)C(C)Br. The van der Waals surface area contributed by atoms with Crippen molar-refractivity contribution in [2.45, 2.75) is 281 Å². The van der Waals surface area contributed by atoms with Crippen LogP contribution in [-0.4, -0.2) is 232 Å². The highest BCUT2D eigenvalue weighted by Gasteiger charge is 2.34. The van der Waals surface area contributed by atoms with Crippen LogP contribution in [0.25, 0.3) is 0 Å². The molecule has 0 aromatic carbocycles. The lowest BCUT2D eigenvalue weighted by Crippen LogP contribution is -2.36. The molecule has 0 aliphatic heterocycles. The number of hydrogen-bond donors (Lipinski definition) is 0. The van der Waals surface area contributed by atoms with Gasteiger partial charge in [0.15, 0.2) is 60.4 Å². The summed E-state index contributed by atoms with van der Waals surface area (Å²) in [7, 11) is 0. The highest BCUT2D eigenvalue weighted by Crippen LogP contribution is 2.23. The van der Waals surface area contributed by atoms with E-state index in [0.717, 1.165) is 6.08 Å². The standard InChI is InChI=1S/C11H17BrO4.3C10H15BrO4.3C10H15BrO3.2C8H11BrO3.3CH4/c1-7(2)10(13)15-5-8(3)6-16-11(14)9(4)12;1-6(2)9(12)14-5-7(3)15-10(13)8(4)11;1-7(2)9(12)14-5-4-6-15-10(13)8(3)11;1-3-9(12)14-6-4-5-7-15-10(13)8(2)11;3*1-6(2)9(13)14-7(3)8(12)10(4,5)11;2*1-5(2)8(11)12-4-7(10)6(3)9;;;/h8-9H,1,5-6H2,2-4H3;7-8H,1,5H2,2-4H3;8H,1,4-6H2,2-3H3;3,8H,1,4-7H2,2H3;3*7H,1H2,2-5H3;2*6H,1,4H2,2-3H3;3*1H4. The maximum Gasteiger partial charge on any atom is 0.333 e. The third-order valence-electron chi connectivity index (χ3n) is 13.1. The van der Waals surface area contributed by atoms with E-state index in [2.05, 4.69) is 212 Å². The van der Waals surface area contributed by atoms with Crippen LogP contribution in [0.5, 0.6) is 0 Å². The third-order valence-corrected chi connectivity index (χ3v) is 16.8. The molecule has 0 amide bonds. The van der Waals surface area contributed by atoms with E-state index in [1.807, 2.05) is 6.92 Å². The zero-order valence-corrected chi connectivity index (χ0v) is 91.6. The highest BCUT2D eigenvalue weighted by molar-refractivity contribution is 9.11. The van der Waals surface area contributed by atoms with E-state index in [-0.39, 0.29) is 173 Å². The Labute approximate surface area is 846 Å². The van der Waals surface area contributed by atoms with E-state index in [9.17, 15) is 86.3 Å². The first-order valence-electron chi connectivity index (χ1n) is 38.4. The molecule has 0 N–H and O–H groups in total. The predicted molar refractivity (Wildman–Crippen MR) is 537 cm³/mol. The summed E-state index contributed by atoms with van der Waals surface area (Å²) >= 11 is 28.1. The Hall–Kier alpha value is -6.56. The number of carbonyl (C=O) groups is 18. The van der Waals surface area contributed by atoms with Crippen LogP contribution in [0.3, 0.4) is 0 Å². The minimum Gasteiger partial charge on any atom is -0.465 e. The van der Waals surface area contributed by atoms with Crippen LogP contribution >= 0.6 is 143 Å².